The van der Waals surface area contributed by atoms with Gasteiger partial charge in [-0.15, -0.1) is 11.3 Å². The highest BCUT2D eigenvalue weighted by atomic mass is 32.1. The van der Waals surface area contributed by atoms with E-state index in [0.717, 1.165) is 5.56 Å². The molecule has 1 aliphatic heterocycles. The number of hydrogen-bond donors (Lipinski definition) is 1. The number of ether oxygens (including phenoxy) is 1. The molecule has 19 heavy (non-hydrogen) atoms. The summed E-state index contributed by atoms with van der Waals surface area (Å²) in [6.45, 7) is 4.10. The highest BCUT2D eigenvalue weighted by Gasteiger charge is 2.29. The third kappa shape index (κ3) is 2.26. The number of rotatable bonds is 1. The molecule has 100 valence electrons. The molecule has 3 rings (SSSR count). The van der Waals surface area contributed by atoms with Crippen molar-refractivity contribution in [3.8, 4) is 5.75 Å². The number of hydrogen-bond acceptors (Lipinski definition) is 3. The van der Waals surface area contributed by atoms with Crippen molar-refractivity contribution in [3.63, 3.8) is 0 Å². The van der Waals surface area contributed by atoms with Crippen molar-refractivity contribution in [3.05, 3.63) is 51.0 Å². The summed E-state index contributed by atoms with van der Waals surface area (Å²) in [4.78, 5) is 2.41. The number of aliphatic hydroxyl groups excluding tert-OH is 1. The molecule has 0 amide bonds. The third-order valence-corrected chi connectivity index (χ3v) is 4.45. The van der Waals surface area contributed by atoms with Gasteiger partial charge in [-0.3, -0.25) is 0 Å². The van der Waals surface area contributed by atoms with Crippen LogP contribution >= 0.6 is 11.3 Å². The molecule has 1 unspecified atom stereocenters. The molecule has 1 aromatic heterocycles. The van der Waals surface area contributed by atoms with Gasteiger partial charge in [0.2, 0.25) is 0 Å². The first kappa shape index (κ1) is 12.6. The van der Waals surface area contributed by atoms with Crippen molar-refractivity contribution in [2.45, 2.75) is 32.5 Å². The maximum atomic E-state index is 13.3. The fourth-order valence-corrected chi connectivity index (χ4v) is 3.55. The fraction of sp³-hybridized carbons (Fsp3) is 0.333. The predicted octanol–water partition coefficient (Wildman–Crippen LogP) is 4.06. The maximum absolute atomic E-state index is 13.3. The molecule has 0 spiro atoms. The Bertz CT molecular complexity index is 621. The van der Waals surface area contributed by atoms with Gasteiger partial charge in [0.25, 0.3) is 0 Å². The Morgan fingerprint density at radius 3 is 2.74 bits per heavy atom. The van der Waals surface area contributed by atoms with Gasteiger partial charge in [-0.25, -0.2) is 4.39 Å². The van der Waals surface area contributed by atoms with Gasteiger partial charge in [0.1, 0.15) is 17.7 Å². The highest BCUT2D eigenvalue weighted by Crippen LogP contribution is 2.42. The van der Waals surface area contributed by atoms with Gasteiger partial charge in [-0.2, -0.15) is 0 Å². The Morgan fingerprint density at radius 2 is 2.05 bits per heavy atom. The van der Waals surface area contributed by atoms with E-state index in [1.807, 2.05) is 13.8 Å². The summed E-state index contributed by atoms with van der Waals surface area (Å²) >= 11 is 1.71. The van der Waals surface area contributed by atoms with Crippen LogP contribution < -0.4 is 4.74 Å². The molecule has 0 saturated carbocycles. The molecule has 2 nitrogen and oxygen atoms in total. The van der Waals surface area contributed by atoms with Crippen molar-refractivity contribution in [1.29, 1.82) is 0 Å². The normalized spacial score (nSPS) is 21.9. The van der Waals surface area contributed by atoms with Crippen LogP contribution in [0.25, 0.3) is 0 Å². The summed E-state index contributed by atoms with van der Waals surface area (Å²) in [5, 5.41) is 10.2. The first-order valence-electron chi connectivity index (χ1n) is 6.25. The van der Waals surface area contributed by atoms with Gasteiger partial charge >= 0.3 is 0 Å². The number of aliphatic hydroxyl groups is 1. The summed E-state index contributed by atoms with van der Waals surface area (Å²) in [5.41, 5.74) is 1.76. The lowest BCUT2D eigenvalue weighted by Crippen LogP contribution is -2.19. The molecule has 1 aliphatic rings. The van der Waals surface area contributed by atoms with Crippen molar-refractivity contribution < 1.29 is 14.2 Å². The van der Waals surface area contributed by atoms with Crippen molar-refractivity contribution in [1.82, 2.24) is 0 Å². The third-order valence-electron chi connectivity index (χ3n) is 3.47. The van der Waals surface area contributed by atoms with Gasteiger partial charge in [0, 0.05) is 33.4 Å². The van der Waals surface area contributed by atoms with Crippen LogP contribution in [0.5, 0.6) is 5.75 Å². The van der Waals surface area contributed by atoms with Crippen molar-refractivity contribution >= 4 is 11.3 Å². The first-order valence-corrected chi connectivity index (χ1v) is 7.07. The van der Waals surface area contributed by atoms with Gasteiger partial charge < -0.3 is 9.84 Å². The van der Waals surface area contributed by atoms with Crippen LogP contribution in [-0.2, 0) is 0 Å². The maximum Gasteiger partial charge on any atom is 0.128 e. The molecule has 0 bridgehead atoms. The second-order valence-electron chi connectivity index (χ2n) is 4.91. The summed E-state index contributed by atoms with van der Waals surface area (Å²) < 4.78 is 19.1. The average molecular weight is 278 g/mol. The van der Waals surface area contributed by atoms with E-state index in [1.54, 1.807) is 17.4 Å². The molecule has 2 heterocycles. The smallest absolute Gasteiger partial charge is 0.128 e. The monoisotopic (exact) mass is 278 g/mol. The zero-order valence-electron chi connectivity index (χ0n) is 10.8. The molecule has 0 fully saturated rings. The zero-order valence-corrected chi connectivity index (χ0v) is 11.6. The second-order valence-corrected chi connectivity index (χ2v) is 6.37. The molecule has 2 aromatic rings. The number of halogens is 1. The van der Waals surface area contributed by atoms with Gasteiger partial charge in [-0.05, 0) is 32.0 Å². The van der Waals surface area contributed by atoms with Crippen LogP contribution in [0.3, 0.4) is 0 Å². The van der Waals surface area contributed by atoms with Crippen molar-refractivity contribution in [2.75, 3.05) is 0 Å². The second kappa shape index (κ2) is 4.62. The van der Waals surface area contributed by atoms with E-state index in [-0.39, 0.29) is 11.9 Å². The minimum Gasteiger partial charge on any atom is -0.485 e. The Morgan fingerprint density at radius 1 is 1.26 bits per heavy atom. The van der Waals surface area contributed by atoms with Crippen LogP contribution in [0.15, 0.2) is 24.3 Å². The molecule has 0 radical (unpaired) electrons. The lowest BCUT2D eigenvalue weighted by atomic mass is 9.95. The quantitative estimate of drug-likeness (QED) is 0.852. The van der Waals surface area contributed by atoms with E-state index in [4.69, 9.17) is 4.74 Å². The number of aryl methyl sites for hydroxylation is 2. The van der Waals surface area contributed by atoms with Gasteiger partial charge in [0.15, 0.2) is 0 Å². The Hall–Kier alpha value is -1.39. The SMILES string of the molecule is Cc1cc(C2C[C@H](O)c3ccc(F)cc3O2)c(C)s1. The first-order chi connectivity index (χ1) is 9.04. The average Bonchev–Trinajstić information content (AvgIpc) is 2.67. The molecule has 0 aliphatic carbocycles. The largest absolute Gasteiger partial charge is 0.485 e. The Kier molecular flexibility index (Phi) is 3.07. The summed E-state index contributed by atoms with van der Waals surface area (Å²) in [6, 6.07) is 6.38. The molecule has 0 saturated heterocycles. The molecule has 2 atom stereocenters. The highest BCUT2D eigenvalue weighted by molar-refractivity contribution is 7.12. The van der Waals surface area contributed by atoms with E-state index >= 15 is 0 Å². The van der Waals surface area contributed by atoms with E-state index < -0.39 is 6.10 Å². The lowest BCUT2D eigenvalue weighted by Gasteiger charge is -2.29. The van der Waals surface area contributed by atoms with Crippen LogP contribution in [-0.4, -0.2) is 5.11 Å². The summed E-state index contributed by atoms with van der Waals surface area (Å²) in [6.07, 6.45) is -0.293. The van der Waals surface area contributed by atoms with Gasteiger partial charge in [-0.1, -0.05) is 0 Å². The molecular formula is C15H15FO2S. The minimum absolute atomic E-state index is 0.200. The van der Waals surface area contributed by atoms with Crippen LogP contribution in [0.4, 0.5) is 4.39 Å². The number of benzene rings is 1. The van der Waals surface area contributed by atoms with E-state index in [1.165, 1.54) is 21.9 Å². The predicted molar refractivity (Wildman–Crippen MR) is 73.1 cm³/mol. The molecule has 4 heteroatoms. The zero-order chi connectivity index (χ0) is 13.6. The van der Waals surface area contributed by atoms with E-state index in [2.05, 4.69) is 6.07 Å². The van der Waals surface area contributed by atoms with Gasteiger partial charge in [0.05, 0.1) is 6.10 Å². The lowest BCUT2D eigenvalue weighted by molar-refractivity contribution is 0.0653. The number of fused-ring (bicyclic) bond motifs is 1. The molecule has 1 aromatic carbocycles. The van der Waals surface area contributed by atoms with Crippen LogP contribution in [0.1, 0.15) is 39.5 Å². The number of thiophene rings is 1. The van der Waals surface area contributed by atoms with Crippen LogP contribution in [0, 0.1) is 19.7 Å². The molecule has 1 N–H and O–H groups in total. The van der Waals surface area contributed by atoms with Crippen LogP contribution in [0.2, 0.25) is 0 Å². The fourth-order valence-electron chi connectivity index (χ4n) is 2.58. The van der Waals surface area contributed by atoms with E-state index in [9.17, 15) is 9.50 Å². The van der Waals surface area contributed by atoms with Crippen molar-refractivity contribution in [2.24, 2.45) is 0 Å². The molecular weight excluding hydrogens is 263 g/mol. The topological polar surface area (TPSA) is 29.5 Å². The Balaban J connectivity index is 1.98. The summed E-state index contributed by atoms with van der Waals surface area (Å²) in [5.74, 6) is 0.108. The summed E-state index contributed by atoms with van der Waals surface area (Å²) in [7, 11) is 0. The minimum atomic E-state index is -0.603. The Labute approximate surface area is 115 Å². The standard InChI is InChI=1S/C15H15FO2S/c1-8-5-12(9(2)19-8)15-7-13(17)11-4-3-10(16)6-14(11)18-15/h3-6,13,15,17H,7H2,1-2H3/t13-,15?/m0/s1. The van der Waals surface area contributed by atoms with E-state index in [0.29, 0.717) is 17.7 Å².